The van der Waals surface area contributed by atoms with E-state index in [9.17, 15) is 9.59 Å². The van der Waals surface area contributed by atoms with Crippen LogP contribution in [0.2, 0.25) is 0 Å². The molecule has 2 aromatic rings. The van der Waals surface area contributed by atoms with E-state index in [1.165, 1.54) is 12.0 Å². The van der Waals surface area contributed by atoms with Crippen LogP contribution >= 0.6 is 0 Å². The van der Waals surface area contributed by atoms with Crippen molar-refractivity contribution in [2.24, 2.45) is 0 Å². The van der Waals surface area contributed by atoms with Gasteiger partial charge in [0.05, 0.1) is 26.4 Å². The zero-order valence-electron chi connectivity index (χ0n) is 19.5. The largest absolute Gasteiger partial charge is 0.494 e. The number of nitrogens with zero attached hydrogens (tertiary/aromatic N) is 1. The molecule has 0 aromatic heterocycles. The summed E-state index contributed by atoms with van der Waals surface area (Å²) < 4.78 is 21.5. The van der Waals surface area contributed by atoms with Crippen molar-refractivity contribution < 1.29 is 28.5 Å². The fraction of sp³-hybridized carbons (Fsp3) is 0.360. The van der Waals surface area contributed by atoms with Crippen LogP contribution in [0.3, 0.4) is 0 Å². The topological polar surface area (TPSA) is 86.3 Å². The van der Waals surface area contributed by atoms with Gasteiger partial charge in [-0.3, -0.25) is 14.5 Å². The number of ether oxygens (including phenoxy) is 4. The molecule has 8 heteroatoms. The second-order valence-electron chi connectivity index (χ2n) is 7.43. The SMILES string of the molecule is CCCOc1cccc(NC2=C(c3ccc(OC)c(OC)c3)C(=O)N(CCCOC)C2=O)c1. The molecular weight excluding hydrogens is 424 g/mol. The summed E-state index contributed by atoms with van der Waals surface area (Å²) in [5.74, 6) is 0.926. The molecule has 0 unspecified atom stereocenters. The molecule has 0 radical (unpaired) electrons. The van der Waals surface area contributed by atoms with Crippen LogP contribution in [-0.2, 0) is 14.3 Å². The Bertz CT molecular complexity index is 1030. The highest BCUT2D eigenvalue weighted by Gasteiger charge is 2.39. The summed E-state index contributed by atoms with van der Waals surface area (Å²) in [7, 11) is 4.65. The first-order valence-corrected chi connectivity index (χ1v) is 10.9. The minimum atomic E-state index is -0.388. The number of nitrogens with one attached hydrogen (secondary N) is 1. The maximum absolute atomic E-state index is 13.3. The van der Waals surface area contributed by atoms with E-state index in [-0.39, 0.29) is 29.6 Å². The van der Waals surface area contributed by atoms with Crippen molar-refractivity contribution in [1.29, 1.82) is 0 Å². The van der Waals surface area contributed by atoms with Gasteiger partial charge in [0, 0.05) is 32.0 Å². The van der Waals surface area contributed by atoms with Crippen molar-refractivity contribution in [3.8, 4) is 17.2 Å². The average Bonchev–Trinajstić information content (AvgIpc) is 3.06. The van der Waals surface area contributed by atoms with Gasteiger partial charge < -0.3 is 24.3 Å². The fourth-order valence-electron chi connectivity index (χ4n) is 3.55. The number of hydrogen-bond donors (Lipinski definition) is 1. The first-order valence-electron chi connectivity index (χ1n) is 10.9. The molecule has 0 saturated carbocycles. The molecule has 0 fully saturated rings. The fourth-order valence-corrected chi connectivity index (χ4v) is 3.55. The maximum atomic E-state index is 13.3. The third kappa shape index (κ3) is 5.46. The van der Waals surface area contributed by atoms with Crippen LogP contribution in [0.4, 0.5) is 5.69 Å². The molecule has 3 rings (SSSR count). The van der Waals surface area contributed by atoms with Crippen molar-refractivity contribution in [2.75, 3.05) is 46.4 Å². The normalized spacial score (nSPS) is 13.5. The van der Waals surface area contributed by atoms with Crippen molar-refractivity contribution in [2.45, 2.75) is 19.8 Å². The molecule has 0 spiro atoms. The molecule has 2 amide bonds. The smallest absolute Gasteiger partial charge is 0.278 e. The van der Waals surface area contributed by atoms with Crippen LogP contribution in [0.25, 0.3) is 5.57 Å². The Balaban J connectivity index is 2.01. The zero-order valence-corrected chi connectivity index (χ0v) is 19.5. The highest BCUT2D eigenvalue weighted by molar-refractivity contribution is 6.36. The van der Waals surface area contributed by atoms with E-state index in [1.807, 2.05) is 25.1 Å². The van der Waals surface area contributed by atoms with Crippen LogP contribution in [0.5, 0.6) is 17.2 Å². The predicted octanol–water partition coefficient (Wildman–Crippen LogP) is 3.72. The minimum absolute atomic E-state index is 0.206. The summed E-state index contributed by atoms with van der Waals surface area (Å²) in [5.41, 5.74) is 1.69. The summed E-state index contributed by atoms with van der Waals surface area (Å²) in [6.45, 7) is 3.33. The Hall–Kier alpha value is -3.52. The third-order valence-electron chi connectivity index (χ3n) is 5.15. The van der Waals surface area contributed by atoms with E-state index in [2.05, 4.69) is 5.32 Å². The first-order chi connectivity index (χ1) is 16.0. The van der Waals surface area contributed by atoms with Gasteiger partial charge in [0.25, 0.3) is 11.8 Å². The summed E-state index contributed by atoms with van der Waals surface area (Å²) >= 11 is 0. The molecule has 0 saturated heterocycles. The van der Waals surface area contributed by atoms with Gasteiger partial charge >= 0.3 is 0 Å². The predicted molar refractivity (Wildman–Crippen MR) is 126 cm³/mol. The number of rotatable bonds is 12. The highest BCUT2D eigenvalue weighted by atomic mass is 16.5. The van der Waals surface area contributed by atoms with Crippen LogP contribution in [0, 0.1) is 0 Å². The van der Waals surface area contributed by atoms with Crippen LogP contribution in [0.1, 0.15) is 25.3 Å². The Morgan fingerprint density at radius 2 is 1.70 bits per heavy atom. The van der Waals surface area contributed by atoms with E-state index in [1.54, 1.807) is 38.5 Å². The molecule has 8 nitrogen and oxygen atoms in total. The number of hydrogen-bond acceptors (Lipinski definition) is 7. The zero-order chi connectivity index (χ0) is 23.8. The van der Waals surface area contributed by atoms with Crippen molar-refractivity contribution in [3.05, 3.63) is 53.7 Å². The number of anilines is 1. The summed E-state index contributed by atoms with van der Waals surface area (Å²) in [6, 6.07) is 12.5. The molecule has 0 bridgehead atoms. The first kappa shape index (κ1) is 24.1. The number of methoxy groups -OCH3 is 3. The van der Waals surface area contributed by atoms with Crippen LogP contribution in [-0.4, -0.2) is 57.8 Å². The Morgan fingerprint density at radius 3 is 2.39 bits per heavy atom. The van der Waals surface area contributed by atoms with E-state index in [4.69, 9.17) is 18.9 Å². The Kier molecular flexibility index (Phi) is 8.32. The lowest BCUT2D eigenvalue weighted by molar-refractivity contribution is -0.136. The number of carbonyl (C=O) groups is 2. The van der Waals surface area contributed by atoms with E-state index < -0.39 is 0 Å². The molecule has 0 atom stereocenters. The van der Waals surface area contributed by atoms with E-state index in [0.29, 0.717) is 48.1 Å². The quantitative estimate of drug-likeness (QED) is 0.386. The summed E-state index contributed by atoms with van der Waals surface area (Å²) in [4.78, 5) is 27.9. The molecule has 0 aliphatic carbocycles. The molecule has 33 heavy (non-hydrogen) atoms. The lowest BCUT2D eigenvalue weighted by atomic mass is 10.0. The lowest BCUT2D eigenvalue weighted by Gasteiger charge is -2.15. The second-order valence-corrected chi connectivity index (χ2v) is 7.43. The monoisotopic (exact) mass is 454 g/mol. The van der Waals surface area contributed by atoms with Gasteiger partial charge in [-0.05, 0) is 42.7 Å². The molecule has 1 aliphatic heterocycles. The maximum Gasteiger partial charge on any atom is 0.278 e. The Morgan fingerprint density at radius 1 is 0.909 bits per heavy atom. The summed E-state index contributed by atoms with van der Waals surface area (Å²) in [6.07, 6.45) is 1.43. The molecular formula is C25H30N2O6. The van der Waals surface area contributed by atoms with Gasteiger partial charge in [-0.2, -0.15) is 0 Å². The Labute approximate surface area is 194 Å². The van der Waals surface area contributed by atoms with E-state index >= 15 is 0 Å². The van der Waals surface area contributed by atoms with Crippen LogP contribution < -0.4 is 19.5 Å². The van der Waals surface area contributed by atoms with Gasteiger partial charge in [-0.15, -0.1) is 0 Å². The van der Waals surface area contributed by atoms with Crippen LogP contribution in [0.15, 0.2) is 48.2 Å². The van der Waals surface area contributed by atoms with E-state index in [0.717, 1.165) is 6.42 Å². The number of benzene rings is 2. The molecule has 1 N–H and O–H groups in total. The second kappa shape index (κ2) is 11.4. The third-order valence-corrected chi connectivity index (χ3v) is 5.15. The van der Waals surface area contributed by atoms with Gasteiger partial charge in [-0.25, -0.2) is 0 Å². The van der Waals surface area contributed by atoms with Gasteiger partial charge in [0.2, 0.25) is 0 Å². The average molecular weight is 455 g/mol. The van der Waals surface area contributed by atoms with Gasteiger partial charge in [-0.1, -0.05) is 19.1 Å². The minimum Gasteiger partial charge on any atom is -0.494 e. The number of carbonyl (C=O) groups excluding carboxylic acids is 2. The standard InChI is InChI=1S/C25H30N2O6/c1-5-13-33-19-9-6-8-18(16-19)26-23-22(17-10-11-20(31-3)21(15-17)32-4)24(28)27(25(23)29)12-7-14-30-2/h6,8-11,15-16,26H,5,7,12-14H2,1-4H3. The van der Waals surface area contributed by atoms with Crippen molar-refractivity contribution in [3.63, 3.8) is 0 Å². The lowest BCUT2D eigenvalue weighted by Crippen LogP contribution is -2.33. The highest BCUT2D eigenvalue weighted by Crippen LogP contribution is 2.36. The number of amides is 2. The molecule has 1 aliphatic rings. The molecule has 176 valence electrons. The van der Waals surface area contributed by atoms with Gasteiger partial charge in [0.1, 0.15) is 11.4 Å². The molecule has 2 aromatic carbocycles. The molecule has 1 heterocycles. The van der Waals surface area contributed by atoms with Crippen molar-refractivity contribution in [1.82, 2.24) is 4.90 Å². The summed E-state index contributed by atoms with van der Waals surface area (Å²) in [5, 5.41) is 3.16. The van der Waals surface area contributed by atoms with Gasteiger partial charge in [0.15, 0.2) is 11.5 Å². The van der Waals surface area contributed by atoms with Crippen molar-refractivity contribution >= 4 is 23.1 Å². The number of imide groups is 1.